The molecule has 2 aromatic carbocycles. The molecule has 0 unspecified atom stereocenters. The van der Waals surface area contributed by atoms with Gasteiger partial charge < -0.3 is 14.2 Å². The molecule has 0 aromatic heterocycles. The number of halogens is 1. The first-order valence-electron chi connectivity index (χ1n) is 9.80. The Balaban J connectivity index is 1.72. The summed E-state index contributed by atoms with van der Waals surface area (Å²) in [6.45, 7) is 2.79. The van der Waals surface area contributed by atoms with Crippen LogP contribution < -0.4 is 9.47 Å². The van der Waals surface area contributed by atoms with Crippen LogP contribution in [0.1, 0.15) is 34.3 Å². The predicted octanol–water partition coefficient (Wildman–Crippen LogP) is 4.08. The van der Waals surface area contributed by atoms with Gasteiger partial charge in [0.25, 0.3) is 0 Å². The average molecular weight is 401 g/mol. The van der Waals surface area contributed by atoms with E-state index in [0.29, 0.717) is 24.5 Å². The van der Waals surface area contributed by atoms with Crippen LogP contribution >= 0.6 is 0 Å². The topological polar surface area (TPSA) is 48.0 Å². The molecule has 0 aliphatic carbocycles. The van der Waals surface area contributed by atoms with Crippen molar-refractivity contribution in [2.75, 3.05) is 34.4 Å². The number of carbonyl (C=O) groups is 1. The van der Waals surface area contributed by atoms with Crippen LogP contribution in [0.3, 0.4) is 0 Å². The monoisotopic (exact) mass is 401 g/mol. The van der Waals surface area contributed by atoms with E-state index >= 15 is 0 Å². The van der Waals surface area contributed by atoms with Gasteiger partial charge in [-0.25, -0.2) is 4.39 Å². The highest BCUT2D eigenvalue weighted by Crippen LogP contribution is 2.28. The average Bonchev–Trinajstić information content (AvgIpc) is 2.74. The molecule has 5 nitrogen and oxygen atoms in total. The highest BCUT2D eigenvalue weighted by Gasteiger charge is 2.28. The molecule has 1 heterocycles. The first kappa shape index (κ1) is 21.3. The van der Waals surface area contributed by atoms with Gasteiger partial charge in [-0.15, -0.1) is 0 Å². The van der Waals surface area contributed by atoms with Gasteiger partial charge in [0.1, 0.15) is 17.3 Å². The largest absolute Gasteiger partial charge is 0.496 e. The van der Waals surface area contributed by atoms with Crippen LogP contribution in [-0.2, 0) is 17.9 Å². The van der Waals surface area contributed by atoms with Crippen molar-refractivity contribution < 1.29 is 23.4 Å². The van der Waals surface area contributed by atoms with Crippen molar-refractivity contribution in [2.45, 2.75) is 26.0 Å². The molecule has 1 aliphatic rings. The van der Waals surface area contributed by atoms with Crippen molar-refractivity contribution in [3.05, 3.63) is 58.9 Å². The van der Waals surface area contributed by atoms with E-state index < -0.39 is 5.82 Å². The number of hydrogen-bond acceptors (Lipinski definition) is 5. The van der Waals surface area contributed by atoms with E-state index in [9.17, 15) is 9.18 Å². The molecule has 156 valence electrons. The summed E-state index contributed by atoms with van der Waals surface area (Å²) in [5.41, 5.74) is 2.47. The number of carbonyl (C=O) groups excluding carboxylic acids is 1. The lowest BCUT2D eigenvalue weighted by Gasteiger charge is -2.32. The lowest BCUT2D eigenvalue weighted by molar-refractivity contribution is 0.0808. The molecule has 1 atom stereocenters. The van der Waals surface area contributed by atoms with Gasteiger partial charge >= 0.3 is 0 Å². The fourth-order valence-corrected chi connectivity index (χ4v) is 3.96. The second kappa shape index (κ2) is 9.85. The zero-order valence-corrected chi connectivity index (χ0v) is 17.2. The van der Waals surface area contributed by atoms with E-state index in [-0.39, 0.29) is 11.7 Å². The molecule has 0 saturated carbocycles. The zero-order valence-electron chi connectivity index (χ0n) is 17.2. The molecule has 1 saturated heterocycles. The Labute approximate surface area is 171 Å². The van der Waals surface area contributed by atoms with E-state index in [1.165, 1.54) is 25.3 Å². The fourth-order valence-electron chi connectivity index (χ4n) is 3.96. The molecule has 0 spiro atoms. The number of hydrogen-bond donors (Lipinski definition) is 0. The first-order chi connectivity index (χ1) is 14.0. The van der Waals surface area contributed by atoms with Crippen molar-refractivity contribution in [1.82, 2.24) is 4.90 Å². The Morgan fingerprint density at radius 1 is 1.10 bits per heavy atom. The molecule has 0 bridgehead atoms. The van der Waals surface area contributed by atoms with Gasteiger partial charge in [-0.2, -0.15) is 0 Å². The van der Waals surface area contributed by atoms with Gasteiger partial charge in [-0.05, 0) is 55.3 Å². The summed E-state index contributed by atoms with van der Waals surface area (Å²) in [4.78, 5) is 15.3. The smallest absolute Gasteiger partial charge is 0.171 e. The van der Waals surface area contributed by atoms with Crippen molar-refractivity contribution in [3.63, 3.8) is 0 Å². The number of rotatable bonds is 8. The number of methoxy groups -OCH3 is 3. The molecule has 1 fully saturated rings. The number of piperidine rings is 1. The second-order valence-corrected chi connectivity index (χ2v) is 7.36. The van der Waals surface area contributed by atoms with Gasteiger partial charge in [0, 0.05) is 31.7 Å². The maximum Gasteiger partial charge on any atom is 0.171 e. The Kier molecular flexibility index (Phi) is 7.23. The van der Waals surface area contributed by atoms with Crippen LogP contribution in [0.2, 0.25) is 0 Å². The Morgan fingerprint density at radius 3 is 2.59 bits per heavy atom. The normalized spacial score (nSPS) is 17.2. The van der Waals surface area contributed by atoms with Crippen molar-refractivity contribution >= 4 is 5.78 Å². The number of likely N-dealkylation sites (tertiary alicyclic amines) is 1. The Hall–Kier alpha value is -2.44. The lowest BCUT2D eigenvalue weighted by atomic mass is 9.89. The number of ketones is 1. The minimum absolute atomic E-state index is 0.0548. The molecule has 0 amide bonds. The standard InChI is InChI=1S/C23H28FNO4/c1-27-15-18-11-16(6-8-21(18)28-2)13-25-10-4-5-17(14-25)23(26)20-12-19(24)7-9-22(20)29-3/h6-9,11-12,17H,4-5,10,13-15H2,1-3H3/t17-/m1/s1. The maximum atomic E-state index is 13.7. The summed E-state index contributed by atoms with van der Waals surface area (Å²) in [5.74, 6) is 0.580. The van der Waals surface area contributed by atoms with Gasteiger partial charge in [0.05, 0.1) is 26.4 Å². The van der Waals surface area contributed by atoms with Gasteiger partial charge in [0.2, 0.25) is 0 Å². The van der Waals surface area contributed by atoms with Crippen LogP contribution in [0.5, 0.6) is 11.5 Å². The quantitative estimate of drug-likeness (QED) is 0.624. The number of nitrogens with zero attached hydrogens (tertiary/aromatic N) is 1. The van der Waals surface area contributed by atoms with Gasteiger partial charge in [-0.1, -0.05) is 6.07 Å². The SMILES string of the molecule is COCc1cc(CN2CCC[C@@H](C(=O)c3cc(F)ccc3OC)C2)ccc1OC. The molecule has 6 heteroatoms. The summed E-state index contributed by atoms with van der Waals surface area (Å²) in [7, 11) is 4.81. The first-order valence-corrected chi connectivity index (χ1v) is 9.80. The Bertz CT molecular complexity index is 855. The van der Waals surface area contributed by atoms with Crippen molar-refractivity contribution in [2.24, 2.45) is 5.92 Å². The molecular formula is C23H28FNO4. The molecule has 29 heavy (non-hydrogen) atoms. The molecular weight excluding hydrogens is 373 g/mol. The van der Waals surface area contributed by atoms with Crippen LogP contribution in [0, 0.1) is 11.7 Å². The summed E-state index contributed by atoms with van der Waals surface area (Å²) in [5, 5.41) is 0. The van der Waals surface area contributed by atoms with Crippen LogP contribution in [0.15, 0.2) is 36.4 Å². The second-order valence-electron chi connectivity index (χ2n) is 7.36. The maximum absolute atomic E-state index is 13.7. The van der Waals surface area contributed by atoms with E-state index in [0.717, 1.165) is 42.8 Å². The van der Waals surface area contributed by atoms with Gasteiger partial charge in [-0.3, -0.25) is 9.69 Å². The zero-order chi connectivity index (χ0) is 20.8. The molecule has 2 aromatic rings. The third kappa shape index (κ3) is 5.14. The van der Waals surface area contributed by atoms with Crippen LogP contribution in [-0.4, -0.2) is 45.1 Å². The van der Waals surface area contributed by atoms with Crippen molar-refractivity contribution in [1.29, 1.82) is 0 Å². The predicted molar refractivity (Wildman–Crippen MR) is 109 cm³/mol. The highest BCUT2D eigenvalue weighted by molar-refractivity contribution is 6.00. The third-order valence-electron chi connectivity index (χ3n) is 5.35. The fraction of sp³-hybridized carbons (Fsp3) is 0.435. The van der Waals surface area contributed by atoms with E-state index in [1.807, 2.05) is 12.1 Å². The van der Waals surface area contributed by atoms with Crippen molar-refractivity contribution in [3.8, 4) is 11.5 Å². The summed E-state index contributed by atoms with van der Waals surface area (Å²) >= 11 is 0. The van der Waals surface area contributed by atoms with Gasteiger partial charge in [0.15, 0.2) is 5.78 Å². The minimum Gasteiger partial charge on any atom is -0.496 e. The third-order valence-corrected chi connectivity index (χ3v) is 5.35. The number of benzene rings is 2. The lowest BCUT2D eigenvalue weighted by Crippen LogP contribution is -2.38. The molecule has 1 aliphatic heterocycles. The van der Waals surface area contributed by atoms with E-state index in [4.69, 9.17) is 14.2 Å². The van der Waals surface area contributed by atoms with E-state index in [1.54, 1.807) is 14.2 Å². The number of Topliss-reactive ketones (excluding diaryl/α,β-unsaturated/α-hetero) is 1. The molecule has 3 rings (SSSR count). The summed E-state index contributed by atoms with van der Waals surface area (Å²) in [6.07, 6.45) is 1.72. The highest BCUT2D eigenvalue weighted by atomic mass is 19.1. The summed E-state index contributed by atoms with van der Waals surface area (Å²) in [6, 6.07) is 10.2. The van der Waals surface area contributed by atoms with E-state index in [2.05, 4.69) is 11.0 Å². The summed E-state index contributed by atoms with van der Waals surface area (Å²) < 4.78 is 29.6. The molecule has 0 radical (unpaired) electrons. The molecule has 0 N–H and O–H groups in total. The number of ether oxygens (including phenoxy) is 3. The minimum atomic E-state index is -0.425. The Morgan fingerprint density at radius 2 is 1.86 bits per heavy atom. The van der Waals surface area contributed by atoms with Crippen LogP contribution in [0.4, 0.5) is 4.39 Å². The van der Waals surface area contributed by atoms with Crippen LogP contribution in [0.25, 0.3) is 0 Å².